The molecule has 4 rings (SSSR count). The predicted molar refractivity (Wildman–Crippen MR) is 121 cm³/mol. The van der Waals surface area contributed by atoms with Crippen LogP contribution in [-0.4, -0.2) is 48.2 Å². The molecule has 2 unspecified atom stereocenters. The number of nitrogens with two attached hydrogens (primary N) is 1. The standard InChI is InChI=1S/C23H31F3N6O/c1-12(2)14-10-16-17(29-22(33-4)31-21(16)32-7-5-28-6-8-32)11-15(14)20-19(23(24,25)26)13(3)9-18(27)30-20/h9,12,14-15,28H,5-8,10-11H2,1-4H3,(H2,27,30). The molecular weight excluding hydrogens is 433 g/mol. The molecule has 3 N–H and O–H groups in total. The Labute approximate surface area is 192 Å². The fourth-order valence-corrected chi connectivity index (χ4v) is 5.20. The second-order valence-electron chi connectivity index (χ2n) is 9.24. The molecule has 2 aromatic heterocycles. The van der Waals surface area contributed by atoms with E-state index in [2.05, 4.69) is 25.2 Å². The maximum absolute atomic E-state index is 14.1. The molecule has 2 aromatic rings. The number of hydrogen-bond donors (Lipinski definition) is 2. The average Bonchev–Trinajstić information content (AvgIpc) is 2.76. The van der Waals surface area contributed by atoms with Crippen molar-refractivity contribution in [2.24, 2.45) is 11.8 Å². The molecule has 1 aliphatic carbocycles. The number of aryl methyl sites for hydroxylation is 1. The molecular formula is C23H31F3N6O. The minimum atomic E-state index is -4.52. The molecule has 0 aromatic carbocycles. The van der Waals surface area contributed by atoms with Crippen LogP contribution in [0.4, 0.5) is 24.8 Å². The van der Waals surface area contributed by atoms with Crippen molar-refractivity contribution in [3.63, 3.8) is 0 Å². The van der Waals surface area contributed by atoms with Crippen LogP contribution in [0.25, 0.3) is 0 Å². The van der Waals surface area contributed by atoms with Crippen molar-refractivity contribution in [3.8, 4) is 6.01 Å². The van der Waals surface area contributed by atoms with E-state index in [1.807, 2.05) is 13.8 Å². The lowest BCUT2D eigenvalue weighted by atomic mass is 9.70. The van der Waals surface area contributed by atoms with E-state index < -0.39 is 17.7 Å². The highest BCUT2D eigenvalue weighted by Crippen LogP contribution is 2.47. The summed E-state index contributed by atoms with van der Waals surface area (Å²) >= 11 is 0. The van der Waals surface area contributed by atoms with E-state index in [-0.39, 0.29) is 34.9 Å². The van der Waals surface area contributed by atoms with Gasteiger partial charge in [0.1, 0.15) is 11.6 Å². The first-order valence-electron chi connectivity index (χ1n) is 11.3. The number of hydrogen-bond acceptors (Lipinski definition) is 7. The van der Waals surface area contributed by atoms with Crippen LogP contribution in [0.15, 0.2) is 6.07 Å². The van der Waals surface area contributed by atoms with E-state index in [9.17, 15) is 13.2 Å². The summed E-state index contributed by atoms with van der Waals surface area (Å²) in [4.78, 5) is 15.7. The highest BCUT2D eigenvalue weighted by molar-refractivity contribution is 5.53. The second-order valence-corrected chi connectivity index (χ2v) is 9.24. The fourth-order valence-electron chi connectivity index (χ4n) is 5.20. The molecule has 0 saturated carbocycles. The summed E-state index contributed by atoms with van der Waals surface area (Å²) in [6, 6.07) is 1.53. The number of aromatic nitrogens is 3. The Balaban J connectivity index is 1.86. The van der Waals surface area contributed by atoms with Gasteiger partial charge in [-0.05, 0) is 43.2 Å². The summed E-state index contributed by atoms with van der Waals surface area (Å²) in [7, 11) is 1.51. The van der Waals surface area contributed by atoms with Crippen molar-refractivity contribution in [1.29, 1.82) is 0 Å². The number of pyridine rings is 1. The molecule has 3 heterocycles. The van der Waals surface area contributed by atoms with Crippen LogP contribution in [0.1, 0.15) is 47.8 Å². The van der Waals surface area contributed by atoms with Gasteiger partial charge in [-0.1, -0.05) is 13.8 Å². The second kappa shape index (κ2) is 8.96. The van der Waals surface area contributed by atoms with Crippen LogP contribution in [0.2, 0.25) is 0 Å². The molecule has 2 aliphatic rings. The van der Waals surface area contributed by atoms with Crippen LogP contribution >= 0.6 is 0 Å². The van der Waals surface area contributed by atoms with Crippen LogP contribution in [0, 0.1) is 18.8 Å². The lowest BCUT2D eigenvalue weighted by molar-refractivity contribution is -0.139. The van der Waals surface area contributed by atoms with Gasteiger partial charge in [0.05, 0.1) is 24.1 Å². The highest BCUT2D eigenvalue weighted by Gasteiger charge is 2.43. The molecule has 1 saturated heterocycles. The Morgan fingerprint density at radius 3 is 2.45 bits per heavy atom. The number of nitrogen functional groups attached to an aromatic ring is 1. The van der Waals surface area contributed by atoms with Crippen LogP contribution in [0.3, 0.4) is 0 Å². The van der Waals surface area contributed by atoms with Crippen molar-refractivity contribution in [3.05, 3.63) is 34.1 Å². The number of alkyl halides is 3. The number of fused-ring (bicyclic) bond motifs is 1. The van der Waals surface area contributed by atoms with Crippen molar-refractivity contribution in [2.75, 3.05) is 43.9 Å². The third-order valence-corrected chi connectivity index (χ3v) is 6.77. The Bertz CT molecular complexity index is 1020. The minimum absolute atomic E-state index is 0.0191. The number of ether oxygens (including phenoxy) is 1. The van der Waals surface area contributed by atoms with Gasteiger partial charge in [0.25, 0.3) is 0 Å². The summed E-state index contributed by atoms with van der Waals surface area (Å²) in [5.41, 5.74) is 7.09. The number of methoxy groups -OCH3 is 1. The van der Waals surface area contributed by atoms with Crippen molar-refractivity contribution in [1.82, 2.24) is 20.3 Å². The third kappa shape index (κ3) is 4.58. The summed E-state index contributed by atoms with van der Waals surface area (Å²) < 4.78 is 47.7. The third-order valence-electron chi connectivity index (χ3n) is 6.77. The summed E-state index contributed by atoms with van der Waals surface area (Å²) in [5.74, 6) is 0.532. The van der Waals surface area contributed by atoms with E-state index in [1.54, 1.807) is 0 Å². The number of nitrogens with one attached hydrogen (secondary N) is 1. The zero-order valence-corrected chi connectivity index (χ0v) is 19.5. The molecule has 180 valence electrons. The van der Waals surface area contributed by atoms with Gasteiger partial charge in [-0.2, -0.15) is 23.1 Å². The molecule has 0 amide bonds. The van der Waals surface area contributed by atoms with Crippen molar-refractivity contribution in [2.45, 2.75) is 45.7 Å². The number of nitrogens with zero attached hydrogens (tertiary/aromatic N) is 4. The zero-order chi connectivity index (χ0) is 23.9. The zero-order valence-electron chi connectivity index (χ0n) is 19.5. The molecule has 1 aliphatic heterocycles. The molecule has 10 heteroatoms. The van der Waals surface area contributed by atoms with Gasteiger partial charge in [0.2, 0.25) is 0 Å². The van der Waals surface area contributed by atoms with E-state index in [4.69, 9.17) is 10.5 Å². The SMILES string of the molecule is COc1nc2c(c(N3CCNCC3)n1)CC(C(C)C)C(c1nc(N)cc(C)c1C(F)(F)F)C2. The highest BCUT2D eigenvalue weighted by atomic mass is 19.4. The molecule has 0 bridgehead atoms. The van der Waals surface area contributed by atoms with E-state index in [0.717, 1.165) is 43.3 Å². The number of anilines is 2. The first kappa shape index (κ1) is 23.5. The maximum Gasteiger partial charge on any atom is 0.418 e. The van der Waals surface area contributed by atoms with Gasteiger partial charge in [-0.3, -0.25) is 0 Å². The smallest absolute Gasteiger partial charge is 0.418 e. The van der Waals surface area contributed by atoms with E-state index in [0.29, 0.717) is 12.8 Å². The summed E-state index contributed by atoms with van der Waals surface area (Å²) in [6.45, 7) is 8.83. The van der Waals surface area contributed by atoms with Crippen molar-refractivity contribution < 1.29 is 17.9 Å². The Morgan fingerprint density at radius 2 is 1.85 bits per heavy atom. The predicted octanol–water partition coefficient (Wildman–Crippen LogP) is 3.35. The Morgan fingerprint density at radius 1 is 1.15 bits per heavy atom. The Hall–Kier alpha value is -2.62. The maximum atomic E-state index is 14.1. The fraction of sp³-hybridized carbons (Fsp3) is 0.609. The quantitative estimate of drug-likeness (QED) is 0.717. The van der Waals surface area contributed by atoms with E-state index in [1.165, 1.54) is 20.1 Å². The van der Waals surface area contributed by atoms with Crippen LogP contribution in [0.5, 0.6) is 6.01 Å². The largest absolute Gasteiger partial charge is 0.467 e. The van der Waals surface area contributed by atoms with Gasteiger partial charge < -0.3 is 20.7 Å². The first-order chi connectivity index (χ1) is 15.6. The van der Waals surface area contributed by atoms with Gasteiger partial charge in [-0.25, -0.2) is 4.98 Å². The number of rotatable bonds is 4. The van der Waals surface area contributed by atoms with Crippen molar-refractivity contribution >= 4 is 11.6 Å². The van der Waals surface area contributed by atoms with Crippen LogP contribution in [-0.2, 0) is 19.0 Å². The minimum Gasteiger partial charge on any atom is -0.467 e. The van der Waals surface area contributed by atoms with Gasteiger partial charge in [-0.15, -0.1) is 0 Å². The Kier molecular flexibility index (Phi) is 6.39. The molecule has 7 nitrogen and oxygen atoms in total. The van der Waals surface area contributed by atoms with Crippen LogP contribution < -0.4 is 20.7 Å². The molecule has 0 spiro atoms. The van der Waals surface area contributed by atoms with Gasteiger partial charge in [0, 0.05) is 37.7 Å². The molecule has 2 atom stereocenters. The van der Waals surface area contributed by atoms with E-state index >= 15 is 0 Å². The lowest BCUT2D eigenvalue weighted by Gasteiger charge is -2.38. The topological polar surface area (TPSA) is 89.2 Å². The number of piperazine rings is 1. The van der Waals surface area contributed by atoms with Gasteiger partial charge >= 0.3 is 12.2 Å². The molecule has 33 heavy (non-hydrogen) atoms. The lowest BCUT2D eigenvalue weighted by Crippen LogP contribution is -2.45. The monoisotopic (exact) mass is 464 g/mol. The first-order valence-corrected chi connectivity index (χ1v) is 11.3. The average molecular weight is 465 g/mol. The summed E-state index contributed by atoms with van der Waals surface area (Å²) in [6.07, 6.45) is -3.61. The number of halogens is 3. The summed E-state index contributed by atoms with van der Waals surface area (Å²) in [5, 5.41) is 3.34. The van der Waals surface area contributed by atoms with Gasteiger partial charge in [0.15, 0.2) is 0 Å². The normalized spacial score (nSPS) is 21.3. The molecule has 1 fully saturated rings. The molecule has 0 radical (unpaired) electrons.